The molecule has 1 aromatic carbocycles. The highest BCUT2D eigenvalue weighted by Gasteiger charge is 2.20. The number of nitrogens with two attached hydrogens (primary N) is 1. The van der Waals surface area contributed by atoms with E-state index in [1.807, 2.05) is 30.0 Å². The van der Waals surface area contributed by atoms with Crippen LogP contribution < -0.4 is 11.1 Å². The van der Waals surface area contributed by atoms with Crippen LogP contribution in [-0.4, -0.2) is 30.6 Å². The Morgan fingerprint density at radius 2 is 2.14 bits per heavy atom. The second-order valence-electron chi connectivity index (χ2n) is 5.64. The maximum absolute atomic E-state index is 12.2. The number of nitrogens with zero attached hydrogens (tertiary/aromatic N) is 1. The standard InChI is InChI=1S/C17H23N3O/c1-13-7-10-20(11-8-13)17(21)19-16-6-5-14(2)15(12-16)4-3-9-18/h5-6,12-13H,7-11,18H2,1-2H3,(H,19,21). The second-order valence-corrected chi connectivity index (χ2v) is 5.64. The quantitative estimate of drug-likeness (QED) is 0.779. The lowest BCUT2D eigenvalue weighted by Crippen LogP contribution is -2.40. The SMILES string of the molecule is Cc1ccc(NC(=O)N2CCC(C)CC2)cc1C#CCN. The fourth-order valence-corrected chi connectivity index (χ4v) is 2.39. The van der Waals surface area contributed by atoms with E-state index in [9.17, 15) is 4.79 Å². The summed E-state index contributed by atoms with van der Waals surface area (Å²) in [6.07, 6.45) is 2.16. The zero-order valence-electron chi connectivity index (χ0n) is 12.8. The van der Waals surface area contributed by atoms with Crippen molar-refractivity contribution in [3.8, 4) is 11.8 Å². The van der Waals surface area contributed by atoms with Gasteiger partial charge in [0.15, 0.2) is 0 Å². The smallest absolute Gasteiger partial charge is 0.321 e. The Bertz CT molecular complexity index is 563. The number of hydrogen-bond acceptors (Lipinski definition) is 2. The molecule has 1 saturated heterocycles. The van der Waals surface area contributed by atoms with Crippen molar-refractivity contribution in [1.29, 1.82) is 0 Å². The highest BCUT2D eigenvalue weighted by molar-refractivity contribution is 5.89. The van der Waals surface area contributed by atoms with Crippen LogP contribution in [0.25, 0.3) is 0 Å². The number of hydrogen-bond donors (Lipinski definition) is 2. The van der Waals surface area contributed by atoms with E-state index in [4.69, 9.17) is 5.73 Å². The van der Waals surface area contributed by atoms with Gasteiger partial charge in [-0.15, -0.1) is 0 Å². The first-order chi connectivity index (χ1) is 10.1. The van der Waals surface area contributed by atoms with Crippen LogP contribution in [0.3, 0.4) is 0 Å². The molecule has 112 valence electrons. The average Bonchev–Trinajstić information content (AvgIpc) is 2.48. The van der Waals surface area contributed by atoms with Gasteiger partial charge in [-0.2, -0.15) is 0 Å². The molecule has 4 heteroatoms. The van der Waals surface area contributed by atoms with Crippen molar-refractivity contribution in [1.82, 2.24) is 4.90 Å². The topological polar surface area (TPSA) is 58.4 Å². The third-order valence-corrected chi connectivity index (χ3v) is 3.88. The van der Waals surface area contributed by atoms with Gasteiger partial charge < -0.3 is 16.0 Å². The predicted octanol–water partition coefficient (Wildman–Crippen LogP) is 2.57. The van der Waals surface area contributed by atoms with E-state index in [0.717, 1.165) is 42.7 Å². The molecule has 21 heavy (non-hydrogen) atoms. The first kappa shape index (κ1) is 15.4. The van der Waals surface area contributed by atoms with Crippen LogP contribution in [0.15, 0.2) is 18.2 Å². The third kappa shape index (κ3) is 4.24. The lowest BCUT2D eigenvalue weighted by Gasteiger charge is -2.30. The average molecular weight is 285 g/mol. The maximum atomic E-state index is 12.2. The first-order valence-corrected chi connectivity index (χ1v) is 7.45. The van der Waals surface area contributed by atoms with E-state index in [0.29, 0.717) is 12.5 Å². The number of benzene rings is 1. The molecule has 1 aliphatic rings. The second kappa shape index (κ2) is 7.14. The van der Waals surface area contributed by atoms with Crippen LogP contribution >= 0.6 is 0 Å². The molecule has 0 atom stereocenters. The van der Waals surface area contributed by atoms with Crippen LogP contribution in [0.1, 0.15) is 30.9 Å². The number of piperidine rings is 1. The summed E-state index contributed by atoms with van der Waals surface area (Å²) < 4.78 is 0. The number of likely N-dealkylation sites (tertiary alicyclic amines) is 1. The van der Waals surface area contributed by atoms with Crippen molar-refractivity contribution >= 4 is 11.7 Å². The molecule has 0 bridgehead atoms. The van der Waals surface area contributed by atoms with Gasteiger partial charge >= 0.3 is 6.03 Å². The molecular weight excluding hydrogens is 262 g/mol. The molecule has 1 aromatic rings. The minimum atomic E-state index is -0.0245. The van der Waals surface area contributed by atoms with E-state index in [2.05, 4.69) is 24.1 Å². The normalized spacial score (nSPS) is 15.3. The Balaban J connectivity index is 2.04. The van der Waals surface area contributed by atoms with Crippen LogP contribution in [-0.2, 0) is 0 Å². The van der Waals surface area contributed by atoms with E-state index < -0.39 is 0 Å². The molecule has 2 rings (SSSR count). The number of amides is 2. The van der Waals surface area contributed by atoms with Crippen molar-refractivity contribution in [2.24, 2.45) is 11.7 Å². The lowest BCUT2D eigenvalue weighted by atomic mass is 10.00. The van der Waals surface area contributed by atoms with Crippen molar-refractivity contribution < 1.29 is 4.79 Å². The Hall–Kier alpha value is -1.99. The summed E-state index contributed by atoms with van der Waals surface area (Å²) in [5.41, 5.74) is 8.18. The molecule has 0 radical (unpaired) electrons. The number of nitrogens with one attached hydrogen (secondary N) is 1. The third-order valence-electron chi connectivity index (χ3n) is 3.88. The van der Waals surface area contributed by atoms with Gasteiger partial charge in [-0.3, -0.25) is 0 Å². The number of rotatable bonds is 1. The molecule has 1 heterocycles. The lowest BCUT2D eigenvalue weighted by molar-refractivity contribution is 0.186. The van der Waals surface area contributed by atoms with Gasteiger partial charge in [0.2, 0.25) is 0 Å². The summed E-state index contributed by atoms with van der Waals surface area (Å²) in [4.78, 5) is 14.1. The summed E-state index contributed by atoms with van der Waals surface area (Å²) in [6, 6.07) is 5.76. The molecule has 0 aliphatic carbocycles. The van der Waals surface area contributed by atoms with Crippen LogP contribution in [0, 0.1) is 24.7 Å². The Labute approximate surface area is 126 Å². The molecule has 1 fully saturated rings. The van der Waals surface area contributed by atoms with Gasteiger partial charge in [-0.1, -0.05) is 24.8 Å². The van der Waals surface area contributed by atoms with Gasteiger partial charge in [0.1, 0.15) is 0 Å². The summed E-state index contributed by atoms with van der Waals surface area (Å²) in [7, 11) is 0. The Kier molecular flexibility index (Phi) is 5.24. The Morgan fingerprint density at radius 3 is 2.81 bits per heavy atom. The molecule has 4 nitrogen and oxygen atoms in total. The monoisotopic (exact) mass is 285 g/mol. The summed E-state index contributed by atoms with van der Waals surface area (Å²) in [6.45, 7) is 6.23. The minimum absolute atomic E-state index is 0.0245. The van der Waals surface area contributed by atoms with E-state index in [1.165, 1.54) is 0 Å². The predicted molar refractivity (Wildman–Crippen MR) is 86.1 cm³/mol. The summed E-state index contributed by atoms with van der Waals surface area (Å²) >= 11 is 0. The van der Waals surface area contributed by atoms with Crippen LogP contribution in [0.4, 0.5) is 10.5 Å². The van der Waals surface area contributed by atoms with E-state index in [1.54, 1.807) is 0 Å². The molecule has 0 spiro atoms. The molecule has 0 aromatic heterocycles. The highest BCUT2D eigenvalue weighted by atomic mass is 16.2. The van der Waals surface area contributed by atoms with Gasteiger partial charge in [-0.05, 0) is 43.4 Å². The number of carbonyl (C=O) groups is 1. The molecule has 3 N–H and O–H groups in total. The fraction of sp³-hybridized carbons (Fsp3) is 0.471. The number of anilines is 1. The molecule has 1 aliphatic heterocycles. The zero-order valence-corrected chi connectivity index (χ0v) is 12.8. The van der Waals surface area contributed by atoms with Crippen molar-refractivity contribution in [2.75, 3.05) is 25.0 Å². The molecule has 0 saturated carbocycles. The van der Waals surface area contributed by atoms with Crippen molar-refractivity contribution in [2.45, 2.75) is 26.7 Å². The van der Waals surface area contributed by atoms with Crippen LogP contribution in [0.2, 0.25) is 0 Å². The zero-order chi connectivity index (χ0) is 15.2. The van der Waals surface area contributed by atoms with Crippen LogP contribution in [0.5, 0.6) is 0 Å². The van der Waals surface area contributed by atoms with E-state index in [-0.39, 0.29) is 6.03 Å². The van der Waals surface area contributed by atoms with Crippen molar-refractivity contribution in [3.05, 3.63) is 29.3 Å². The van der Waals surface area contributed by atoms with Gasteiger partial charge in [0, 0.05) is 24.3 Å². The Morgan fingerprint density at radius 1 is 1.43 bits per heavy atom. The summed E-state index contributed by atoms with van der Waals surface area (Å²) in [5, 5.41) is 2.96. The largest absolute Gasteiger partial charge is 0.325 e. The molecule has 0 unspecified atom stereocenters. The highest BCUT2D eigenvalue weighted by Crippen LogP contribution is 2.18. The maximum Gasteiger partial charge on any atom is 0.321 e. The fourth-order valence-electron chi connectivity index (χ4n) is 2.39. The van der Waals surface area contributed by atoms with Gasteiger partial charge in [0.25, 0.3) is 0 Å². The first-order valence-electron chi connectivity index (χ1n) is 7.45. The number of urea groups is 1. The van der Waals surface area contributed by atoms with Gasteiger partial charge in [-0.25, -0.2) is 4.79 Å². The molecule has 2 amide bonds. The van der Waals surface area contributed by atoms with Crippen molar-refractivity contribution in [3.63, 3.8) is 0 Å². The minimum Gasteiger partial charge on any atom is -0.325 e. The van der Waals surface area contributed by atoms with E-state index >= 15 is 0 Å². The number of carbonyl (C=O) groups excluding carboxylic acids is 1. The number of aryl methyl sites for hydroxylation is 1. The summed E-state index contributed by atoms with van der Waals surface area (Å²) in [5.74, 6) is 6.59. The van der Waals surface area contributed by atoms with Gasteiger partial charge in [0.05, 0.1) is 6.54 Å². The molecular formula is C17H23N3O.